The minimum atomic E-state index is -0.551. The second-order valence-corrected chi connectivity index (χ2v) is 5.43. The van der Waals surface area contributed by atoms with Crippen LogP contribution >= 0.6 is 0 Å². The van der Waals surface area contributed by atoms with Crippen molar-refractivity contribution in [1.82, 2.24) is 4.98 Å². The first kappa shape index (κ1) is 17.2. The number of ether oxygens (including phenoxy) is 2. The smallest absolute Gasteiger partial charge is 0.337 e. The molecule has 8 nitrogen and oxygen atoms in total. The van der Waals surface area contributed by atoms with E-state index in [9.17, 15) is 19.7 Å². The van der Waals surface area contributed by atoms with Crippen molar-refractivity contribution in [3.05, 3.63) is 69.4 Å². The average molecular weight is 354 g/mol. The number of benzene rings is 2. The zero-order valence-electron chi connectivity index (χ0n) is 13.9. The molecule has 0 spiro atoms. The summed E-state index contributed by atoms with van der Waals surface area (Å²) in [6.45, 7) is 0. The summed E-state index contributed by atoms with van der Waals surface area (Å²) < 4.78 is 9.88. The van der Waals surface area contributed by atoms with Gasteiger partial charge in [0.25, 0.3) is 5.69 Å². The molecule has 132 valence electrons. The number of ketones is 1. The van der Waals surface area contributed by atoms with Gasteiger partial charge >= 0.3 is 5.97 Å². The first-order valence-corrected chi connectivity index (χ1v) is 7.53. The Bertz CT molecular complexity index is 1040. The van der Waals surface area contributed by atoms with E-state index in [-0.39, 0.29) is 33.9 Å². The summed E-state index contributed by atoms with van der Waals surface area (Å²) >= 11 is 0. The first-order chi connectivity index (χ1) is 12.5. The van der Waals surface area contributed by atoms with Crippen molar-refractivity contribution in [2.75, 3.05) is 14.2 Å². The van der Waals surface area contributed by atoms with E-state index in [2.05, 4.69) is 9.72 Å². The van der Waals surface area contributed by atoms with Crippen molar-refractivity contribution >= 4 is 28.3 Å². The van der Waals surface area contributed by atoms with Crippen molar-refractivity contribution in [3.63, 3.8) is 0 Å². The largest absolute Gasteiger partial charge is 0.496 e. The molecule has 0 aliphatic carbocycles. The number of nitro benzene ring substituents is 1. The number of hydrogen-bond donors (Lipinski definition) is 1. The van der Waals surface area contributed by atoms with Gasteiger partial charge in [-0.2, -0.15) is 0 Å². The van der Waals surface area contributed by atoms with Gasteiger partial charge in [-0.25, -0.2) is 4.79 Å². The van der Waals surface area contributed by atoms with E-state index in [0.717, 1.165) is 0 Å². The Morgan fingerprint density at radius 2 is 1.85 bits per heavy atom. The van der Waals surface area contributed by atoms with E-state index >= 15 is 0 Å². The molecule has 0 unspecified atom stereocenters. The molecule has 1 heterocycles. The second kappa shape index (κ2) is 6.67. The van der Waals surface area contributed by atoms with Crippen molar-refractivity contribution in [1.29, 1.82) is 0 Å². The minimum Gasteiger partial charge on any atom is -0.496 e. The Kier molecular flexibility index (Phi) is 4.40. The summed E-state index contributed by atoms with van der Waals surface area (Å²) in [5.74, 6) is -0.729. The van der Waals surface area contributed by atoms with Crippen LogP contribution in [0.4, 0.5) is 5.69 Å². The minimum absolute atomic E-state index is 0.112. The Labute approximate surface area is 147 Å². The quantitative estimate of drug-likeness (QED) is 0.326. The highest BCUT2D eigenvalue weighted by molar-refractivity contribution is 6.18. The SMILES string of the molecule is COC(=O)c1ccc(C(=O)c2c[nH]c3ccc([N+](=O)[O-])cc23)c(OC)c1. The number of carbonyl (C=O) groups excluding carboxylic acids is 2. The van der Waals surface area contributed by atoms with Crippen LogP contribution in [0.3, 0.4) is 0 Å². The molecule has 0 saturated carbocycles. The van der Waals surface area contributed by atoms with Gasteiger partial charge in [0, 0.05) is 34.8 Å². The third-order valence-electron chi connectivity index (χ3n) is 3.99. The number of H-pyrrole nitrogens is 1. The molecule has 26 heavy (non-hydrogen) atoms. The third-order valence-corrected chi connectivity index (χ3v) is 3.99. The van der Waals surface area contributed by atoms with Gasteiger partial charge in [0.05, 0.1) is 30.3 Å². The molecule has 3 aromatic rings. The molecule has 3 rings (SSSR count). The zero-order chi connectivity index (χ0) is 18.8. The topological polar surface area (TPSA) is 112 Å². The molecular formula is C18H14N2O6. The molecule has 0 saturated heterocycles. The van der Waals surface area contributed by atoms with E-state index in [1.807, 2.05) is 0 Å². The van der Waals surface area contributed by atoms with E-state index in [1.165, 1.54) is 50.7 Å². The average Bonchev–Trinajstić information content (AvgIpc) is 3.09. The molecule has 0 fully saturated rings. The van der Waals surface area contributed by atoms with Crippen LogP contribution in [0, 0.1) is 10.1 Å². The summed E-state index contributed by atoms with van der Waals surface area (Å²) in [5.41, 5.74) is 1.24. The van der Waals surface area contributed by atoms with Crippen LogP contribution in [0.1, 0.15) is 26.3 Å². The van der Waals surface area contributed by atoms with Crippen LogP contribution < -0.4 is 4.74 Å². The van der Waals surface area contributed by atoms with Gasteiger partial charge in [-0.1, -0.05) is 0 Å². The number of aromatic nitrogens is 1. The fraction of sp³-hybridized carbons (Fsp3) is 0.111. The normalized spacial score (nSPS) is 10.5. The summed E-state index contributed by atoms with van der Waals surface area (Å²) in [7, 11) is 2.64. The molecule has 0 bridgehead atoms. The van der Waals surface area contributed by atoms with Gasteiger partial charge in [-0.15, -0.1) is 0 Å². The maximum Gasteiger partial charge on any atom is 0.337 e. The number of fused-ring (bicyclic) bond motifs is 1. The lowest BCUT2D eigenvalue weighted by molar-refractivity contribution is -0.384. The molecule has 0 aliphatic heterocycles. The summed E-state index contributed by atoms with van der Waals surface area (Å²) in [6.07, 6.45) is 1.49. The van der Waals surface area contributed by atoms with Crippen molar-refractivity contribution < 1.29 is 24.0 Å². The molecule has 0 atom stereocenters. The number of rotatable bonds is 5. The molecule has 0 amide bonds. The van der Waals surface area contributed by atoms with Crippen LogP contribution in [0.2, 0.25) is 0 Å². The van der Waals surface area contributed by atoms with Crippen LogP contribution in [-0.2, 0) is 4.74 Å². The van der Waals surface area contributed by atoms with Gasteiger partial charge < -0.3 is 14.5 Å². The van der Waals surface area contributed by atoms with E-state index in [4.69, 9.17) is 4.74 Å². The van der Waals surface area contributed by atoms with Gasteiger partial charge in [0.2, 0.25) is 0 Å². The predicted molar refractivity (Wildman–Crippen MR) is 92.7 cm³/mol. The van der Waals surface area contributed by atoms with Crippen molar-refractivity contribution in [3.8, 4) is 5.75 Å². The van der Waals surface area contributed by atoms with E-state index < -0.39 is 10.9 Å². The molecule has 0 radical (unpaired) electrons. The molecule has 2 aromatic carbocycles. The Hall–Kier alpha value is -3.68. The fourth-order valence-electron chi connectivity index (χ4n) is 2.68. The van der Waals surface area contributed by atoms with Gasteiger partial charge in [-0.3, -0.25) is 14.9 Å². The Balaban J connectivity index is 2.09. The second-order valence-electron chi connectivity index (χ2n) is 5.43. The number of esters is 1. The number of carbonyl (C=O) groups is 2. The lowest BCUT2D eigenvalue weighted by Gasteiger charge is -2.09. The highest BCUT2D eigenvalue weighted by Crippen LogP contribution is 2.29. The van der Waals surface area contributed by atoms with Crippen LogP contribution in [0.15, 0.2) is 42.6 Å². The highest BCUT2D eigenvalue weighted by Gasteiger charge is 2.21. The number of nitrogens with zero attached hydrogens (tertiary/aromatic N) is 1. The molecule has 8 heteroatoms. The maximum atomic E-state index is 12.9. The number of non-ortho nitro benzene ring substituents is 1. The lowest BCUT2D eigenvalue weighted by atomic mass is 10.00. The van der Waals surface area contributed by atoms with Gasteiger partial charge in [0.1, 0.15) is 5.75 Å². The maximum absolute atomic E-state index is 12.9. The lowest BCUT2D eigenvalue weighted by Crippen LogP contribution is -2.07. The number of aromatic amines is 1. The van der Waals surface area contributed by atoms with Crippen molar-refractivity contribution in [2.45, 2.75) is 0 Å². The fourth-order valence-corrected chi connectivity index (χ4v) is 2.68. The summed E-state index contributed by atoms with van der Waals surface area (Å²) in [5, 5.41) is 11.4. The monoisotopic (exact) mass is 354 g/mol. The highest BCUT2D eigenvalue weighted by atomic mass is 16.6. The molecule has 1 aromatic heterocycles. The molecule has 1 N–H and O–H groups in total. The Morgan fingerprint density at radius 3 is 2.50 bits per heavy atom. The van der Waals surface area contributed by atoms with Crippen LogP contribution in [-0.4, -0.2) is 35.9 Å². The number of nitro groups is 1. The molecular weight excluding hydrogens is 340 g/mol. The number of hydrogen-bond acceptors (Lipinski definition) is 6. The first-order valence-electron chi connectivity index (χ1n) is 7.53. The number of nitrogens with one attached hydrogen (secondary N) is 1. The van der Waals surface area contributed by atoms with Gasteiger partial charge in [0.15, 0.2) is 5.78 Å². The van der Waals surface area contributed by atoms with E-state index in [0.29, 0.717) is 10.9 Å². The zero-order valence-corrected chi connectivity index (χ0v) is 13.9. The standard InChI is InChI=1S/C18H14N2O6/c1-25-16-7-10(18(22)26-2)3-5-12(16)17(21)14-9-19-15-6-4-11(20(23)24)8-13(14)15/h3-9,19H,1-2H3. The van der Waals surface area contributed by atoms with Gasteiger partial charge in [-0.05, 0) is 24.3 Å². The van der Waals surface area contributed by atoms with Crippen molar-refractivity contribution in [2.24, 2.45) is 0 Å². The summed E-state index contributed by atoms with van der Waals surface area (Å²) in [6, 6.07) is 8.58. The predicted octanol–water partition coefficient (Wildman–Crippen LogP) is 3.10. The van der Waals surface area contributed by atoms with Crippen LogP contribution in [0.25, 0.3) is 10.9 Å². The van der Waals surface area contributed by atoms with Crippen LogP contribution in [0.5, 0.6) is 5.75 Å². The summed E-state index contributed by atoms with van der Waals surface area (Å²) in [4.78, 5) is 38.0. The third kappa shape index (κ3) is 2.88. The Morgan fingerprint density at radius 1 is 1.08 bits per heavy atom. The number of methoxy groups -OCH3 is 2. The van der Waals surface area contributed by atoms with E-state index in [1.54, 1.807) is 6.07 Å². The molecule has 0 aliphatic rings.